The fourth-order valence-corrected chi connectivity index (χ4v) is 4.47. The summed E-state index contributed by atoms with van der Waals surface area (Å²) < 4.78 is 2.25. The quantitative estimate of drug-likeness (QED) is 0.522. The number of aliphatic hydroxyl groups excluding tert-OH is 1. The van der Waals surface area contributed by atoms with Crippen LogP contribution in [0.1, 0.15) is 18.2 Å². The fraction of sp³-hybridized carbons (Fsp3) is 0.286. The first-order chi connectivity index (χ1) is 13.9. The van der Waals surface area contributed by atoms with E-state index < -0.39 is 12.1 Å². The summed E-state index contributed by atoms with van der Waals surface area (Å²) in [6.45, 7) is 1.45. The van der Waals surface area contributed by atoms with Crippen molar-refractivity contribution in [3.63, 3.8) is 0 Å². The number of carbonyl (C=O) groups excluding carboxylic acids is 2. The van der Waals surface area contributed by atoms with Crippen LogP contribution in [0.5, 0.6) is 0 Å². The molecule has 0 radical (unpaired) electrons. The number of aromatic nitrogens is 1. The summed E-state index contributed by atoms with van der Waals surface area (Å²) in [4.78, 5) is 27.4. The number of aliphatic hydroxyl groups is 1. The zero-order chi connectivity index (χ0) is 21.0. The van der Waals surface area contributed by atoms with E-state index >= 15 is 0 Å². The Hall–Kier alpha value is -2.42. The molecule has 1 aliphatic rings. The van der Waals surface area contributed by atoms with Crippen molar-refractivity contribution in [2.75, 3.05) is 6.61 Å². The van der Waals surface area contributed by atoms with E-state index in [0.717, 1.165) is 11.3 Å². The van der Waals surface area contributed by atoms with Crippen LogP contribution in [-0.4, -0.2) is 49.4 Å². The van der Waals surface area contributed by atoms with Gasteiger partial charge in [0.25, 0.3) is 5.91 Å². The van der Waals surface area contributed by atoms with Gasteiger partial charge in [-0.1, -0.05) is 54.3 Å². The van der Waals surface area contributed by atoms with Gasteiger partial charge in [-0.25, -0.2) is 0 Å². The van der Waals surface area contributed by atoms with Gasteiger partial charge in [-0.3, -0.25) is 14.5 Å². The summed E-state index contributed by atoms with van der Waals surface area (Å²) in [5, 5.41) is 12.5. The standard InChI is InChI=1S/C21H23N3O3S2/c1-14(19(26)22-16(13-25)11-15-7-4-3-5-8-15)24-20(27)18(29-21(24)28)12-17-9-6-10-23(17)2/h3-10,12,14,16,25H,11,13H2,1-2H3,(H,22,26). The van der Waals surface area contributed by atoms with E-state index in [4.69, 9.17) is 12.2 Å². The van der Waals surface area contributed by atoms with Crippen molar-refractivity contribution in [3.8, 4) is 0 Å². The van der Waals surface area contributed by atoms with E-state index in [0.29, 0.717) is 15.6 Å². The maximum Gasteiger partial charge on any atom is 0.266 e. The largest absolute Gasteiger partial charge is 0.394 e. The molecule has 2 atom stereocenters. The van der Waals surface area contributed by atoms with E-state index in [-0.39, 0.29) is 18.4 Å². The average molecular weight is 430 g/mol. The zero-order valence-electron chi connectivity index (χ0n) is 16.2. The molecule has 1 saturated heterocycles. The number of hydrogen-bond acceptors (Lipinski definition) is 5. The summed E-state index contributed by atoms with van der Waals surface area (Å²) in [6, 6.07) is 12.2. The summed E-state index contributed by atoms with van der Waals surface area (Å²) in [5.41, 5.74) is 1.89. The van der Waals surface area contributed by atoms with Crippen molar-refractivity contribution >= 4 is 46.2 Å². The molecule has 1 aromatic carbocycles. The topological polar surface area (TPSA) is 74.6 Å². The number of hydrogen-bond donors (Lipinski definition) is 2. The highest BCUT2D eigenvalue weighted by Crippen LogP contribution is 2.34. The first-order valence-electron chi connectivity index (χ1n) is 9.24. The van der Waals surface area contributed by atoms with Crippen LogP contribution < -0.4 is 5.32 Å². The molecule has 0 saturated carbocycles. The second-order valence-corrected chi connectivity index (χ2v) is 8.53. The number of aryl methyl sites for hydroxylation is 1. The van der Waals surface area contributed by atoms with Gasteiger partial charge in [-0.15, -0.1) is 0 Å². The second kappa shape index (κ2) is 9.39. The van der Waals surface area contributed by atoms with E-state index in [9.17, 15) is 14.7 Å². The maximum atomic E-state index is 12.9. The molecule has 0 aliphatic carbocycles. The number of amides is 2. The lowest BCUT2D eigenvalue weighted by Gasteiger charge is -2.25. The number of nitrogens with zero attached hydrogens (tertiary/aromatic N) is 2. The predicted molar refractivity (Wildman–Crippen MR) is 119 cm³/mol. The third kappa shape index (κ3) is 4.95. The van der Waals surface area contributed by atoms with Gasteiger partial charge in [0.05, 0.1) is 17.6 Å². The first-order valence-corrected chi connectivity index (χ1v) is 10.5. The molecule has 1 aromatic heterocycles. The van der Waals surface area contributed by atoms with Gasteiger partial charge in [0.1, 0.15) is 10.4 Å². The van der Waals surface area contributed by atoms with E-state index in [1.807, 2.05) is 60.3 Å². The number of thiocarbonyl (C=S) groups is 1. The lowest BCUT2D eigenvalue weighted by atomic mass is 10.1. The second-order valence-electron chi connectivity index (χ2n) is 6.85. The van der Waals surface area contributed by atoms with Gasteiger partial charge >= 0.3 is 0 Å². The normalized spacial score (nSPS) is 17.6. The number of rotatable bonds is 7. The predicted octanol–water partition coefficient (Wildman–Crippen LogP) is 2.33. The molecule has 1 aliphatic heterocycles. The minimum absolute atomic E-state index is 0.195. The molecule has 2 amide bonds. The van der Waals surface area contributed by atoms with Crippen molar-refractivity contribution in [2.45, 2.75) is 25.4 Å². The summed E-state index contributed by atoms with van der Waals surface area (Å²) in [7, 11) is 1.89. The monoisotopic (exact) mass is 429 g/mol. The average Bonchev–Trinajstić information content (AvgIpc) is 3.24. The molecule has 2 aromatic rings. The number of benzene rings is 1. The van der Waals surface area contributed by atoms with E-state index in [1.54, 1.807) is 13.0 Å². The molecule has 0 spiro atoms. The number of nitrogens with one attached hydrogen (secondary N) is 1. The van der Waals surface area contributed by atoms with Crippen molar-refractivity contribution < 1.29 is 14.7 Å². The van der Waals surface area contributed by atoms with Crippen molar-refractivity contribution in [2.24, 2.45) is 7.05 Å². The Labute approximate surface area is 179 Å². The number of thioether (sulfide) groups is 1. The fourth-order valence-electron chi connectivity index (χ4n) is 3.07. The van der Waals surface area contributed by atoms with Crippen molar-refractivity contribution in [1.29, 1.82) is 0 Å². The van der Waals surface area contributed by atoms with E-state index in [1.165, 1.54) is 16.7 Å². The molecule has 6 nitrogen and oxygen atoms in total. The van der Waals surface area contributed by atoms with Gasteiger partial charge in [0.15, 0.2) is 0 Å². The third-order valence-corrected chi connectivity index (χ3v) is 6.08. The molecule has 2 N–H and O–H groups in total. The molecule has 3 rings (SSSR count). The molecule has 2 unspecified atom stereocenters. The van der Waals surface area contributed by atoms with Crippen LogP contribution in [-0.2, 0) is 23.1 Å². The summed E-state index contributed by atoms with van der Waals surface area (Å²) in [5.74, 6) is -0.635. The van der Waals surface area contributed by atoms with Crippen molar-refractivity contribution in [3.05, 3.63) is 64.8 Å². The Morgan fingerprint density at radius 3 is 2.62 bits per heavy atom. The highest BCUT2D eigenvalue weighted by atomic mass is 32.2. The Balaban J connectivity index is 1.68. The van der Waals surface area contributed by atoms with Gasteiger partial charge in [0, 0.05) is 18.9 Å². The number of carbonyl (C=O) groups is 2. The molecule has 2 heterocycles. The molecular formula is C21H23N3O3S2. The SMILES string of the molecule is CC(C(=O)NC(CO)Cc1ccccc1)N1C(=O)C(=Cc2cccn2C)SC1=S. The minimum Gasteiger partial charge on any atom is -0.394 e. The Morgan fingerprint density at radius 1 is 1.28 bits per heavy atom. The van der Waals surface area contributed by atoms with Gasteiger partial charge in [-0.05, 0) is 37.1 Å². The Kier molecular flexibility index (Phi) is 6.89. The van der Waals surface area contributed by atoms with Crippen molar-refractivity contribution in [1.82, 2.24) is 14.8 Å². The molecule has 152 valence electrons. The smallest absolute Gasteiger partial charge is 0.266 e. The highest BCUT2D eigenvalue weighted by molar-refractivity contribution is 8.26. The lowest BCUT2D eigenvalue weighted by Crippen LogP contribution is -2.51. The highest BCUT2D eigenvalue weighted by Gasteiger charge is 2.38. The molecule has 1 fully saturated rings. The molecule has 0 bridgehead atoms. The Morgan fingerprint density at radius 2 is 2.00 bits per heavy atom. The van der Waals surface area contributed by atoms with Crippen LogP contribution in [0.2, 0.25) is 0 Å². The van der Waals surface area contributed by atoms with Crippen LogP contribution in [0.25, 0.3) is 6.08 Å². The van der Waals surface area contributed by atoms with Crippen LogP contribution in [0.4, 0.5) is 0 Å². The van der Waals surface area contributed by atoms with Gasteiger partial charge in [0.2, 0.25) is 5.91 Å². The lowest BCUT2D eigenvalue weighted by molar-refractivity contribution is -0.132. The van der Waals surface area contributed by atoms with Gasteiger partial charge < -0.3 is 15.0 Å². The zero-order valence-corrected chi connectivity index (χ0v) is 17.9. The van der Waals surface area contributed by atoms with Crippen LogP contribution in [0.15, 0.2) is 53.6 Å². The van der Waals surface area contributed by atoms with Crippen LogP contribution >= 0.6 is 24.0 Å². The molecule has 29 heavy (non-hydrogen) atoms. The summed E-state index contributed by atoms with van der Waals surface area (Å²) in [6.07, 6.45) is 4.17. The summed E-state index contributed by atoms with van der Waals surface area (Å²) >= 11 is 6.54. The minimum atomic E-state index is -0.772. The maximum absolute atomic E-state index is 12.9. The van der Waals surface area contributed by atoms with Crippen LogP contribution in [0, 0.1) is 0 Å². The first kappa shape index (κ1) is 21.3. The molecular weight excluding hydrogens is 406 g/mol. The molecule has 8 heteroatoms. The Bertz CT molecular complexity index is 940. The van der Waals surface area contributed by atoms with Gasteiger partial charge in [-0.2, -0.15) is 0 Å². The van der Waals surface area contributed by atoms with Crippen LogP contribution in [0.3, 0.4) is 0 Å². The van der Waals surface area contributed by atoms with E-state index in [2.05, 4.69) is 5.32 Å². The third-order valence-electron chi connectivity index (χ3n) is 4.74.